The molecule has 0 bridgehead atoms. The molecular formula is C12H14O4. The predicted octanol–water partition coefficient (Wildman–Crippen LogP) is 1.40. The molecule has 1 fully saturated rings. The normalized spacial score (nSPS) is 29.9. The smallest absolute Gasteiger partial charge is 0.336 e. The summed E-state index contributed by atoms with van der Waals surface area (Å²) in [6.45, 7) is 2.48. The van der Waals surface area contributed by atoms with Gasteiger partial charge in [-0.2, -0.15) is 0 Å². The van der Waals surface area contributed by atoms with Crippen molar-refractivity contribution in [1.82, 2.24) is 0 Å². The van der Waals surface area contributed by atoms with Gasteiger partial charge in [0.15, 0.2) is 6.10 Å². The van der Waals surface area contributed by atoms with Crippen LogP contribution in [-0.2, 0) is 19.9 Å². The minimum absolute atomic E-state index is 0.319. The van der Waals surface area contributed by atoms with Crippen LogP contribution in [0.4, 0.5) is 0 Å². The Morgan fingerprint density at radius 3 is 2.69 bits per heavy atom. The van der Waals surface area contributed by atoms with Crippen molar-refractivity contribution in [3.05, 3.63) is 35.9 Å². The number of benzene rings is 1. The molecule has 2 rings (SSSR count). The van der Waals surface area contributed by atoms with Gasteiger partial charge in [0.25, 0.3) is 0 Å². The van der Waals surface area contributed by atoms with Gasteiger partial charge in [-0.25, -0.2) is 4.79 Å². The number of ether oxygens (including phenoxy) is 2. The highest BCUT2D eigenvalue weighted by atomic mass is 16.6. The van der Waals surface area contributed by atoms with E-state index in [9.17, 15) is 4.79 Å². The van der Waals surface area contributed by atoms with Crippen molar-refractivity contribution in [2.45, 2.75) is 18.6 Å². The lowest BCUT2D eigenvalue weighted by Crippen LogP contribution is -2.50. The summed E-state index contributed by atoms with van der Waals surface area (Å²) in [5, 5.41) is 9.13. The van der Waals surface area contributed by atoms with E-state index in [0.29, 0.717) is 13.2 Å². The Morgan fingerprint density at radius 2 is 2.06 bits per heavy atom. The van der Waals surface area contributed by atoms with E-state index in [1.165, 1.54) is 0 Å². The highest BCUT2D eigenvalue weighted by Crippen LogP contribution is 2.33. The summed E-state index contributed by atoms with van der Waals surface area (Å²) in [4.78, 5) is 11.1. The van der Waals surface area contributed by atoms with Crippen LogP contribution in [0, 0.1) is 0 Å². The number of aliphatic carboxylic acids is 1. The Kier molecular flexibility index (Phi) is 2.94. The highest BCUT2D eigenvalue weighted by molar-refractivity contribution is 5.74. The molecule has 0 aromatic heterocycles. The quantitative estimate of drug-likeness (QED) is 0.821. The van der Waals surface area contributed by atoms with Gasteiger partial charge in [0, 0.05) is 0 Å². The van der Waals surface area contributed by atoms with Crippen molar-refractivity contribution in [1.29, 1.82) is 0 Å². The van der Waals surface area contributed by atoms with Gasteiger partial charge in [-0.3, -0.25) is 0 Å². The van der Waals surface area contributed by atoms with Gasteiger partial charge in [0.1, 0.15) is 5.60 Å². The first kappa shape index (κ1) is 11.1. The molecule has 16 heavy (non-hydrogen) atoms. The van der Waals surface area contributed by atoms with Gasteiger partial charge in [0.05, 0.1) is 13.2 Å². The van der Waals surface area contributed by atoms with Gasteiger partial charge in [-0.15, -0.1) is 0 Å². The molecule has 0 radical (unpaired) electrons. The zero-order chi connectivity index (χ0) is 11.6. The zero-order valence-electron chi connectivity index (χ0n) is 9.05. The molecule has 1 heterocycles. The van der Waals surface area contributed by atoms with Gasteiger partial charge in [-0.1, -0.05) is 30.3 Å². The van der Waals surface area contributed by atoms with E-state index in [1.807, 2.05) is 30.3 Å². The first-order chi connectivity index (χ1) is 7.64. The summed E-state index contributed by atoms with van der Waals surface area (Å²) in [7, 11) is 0. The van der Waals surface area contributed by atoms with E-state index in [0.717, 1.165) is 5.56 Å². The lowest BCUT2D eigenvalue weighted by molar-refractivity contribution is -0.213. The van der Waals surface area contributed by atoms with Crippen LogP contribution < -0.4 is 0 Å². The summed E-state index contributed by atoms with van der Waals surface area (Å²) in [5.74, 6) is -0.994. The predicted molar refractivity (Wildman–Crippen MR) is 57.1 cm³/mol. The highest BCUT2D eigenvalue weighted by Gasteiger charge is 2.45. The topological polar surface area (TPSA) is 55.8 Å². The maximum absolute atomic E-state index is 11.1. The molecule has 2 atom stereocenters. The van der Waals surface area contributed by atoms with Crippen molar-refractivity contribution in [2.24, 2.45) is 0 Å². The zero-order valence-corrected chi connectivity index (χ0v) is 9.05. The Labute approximate surface area is 93.8 Å². The molecule has 0 aliphatic carbocycles. The van der Waals surface area contributed by atoms with Crippen LogP contribution >= 0.6 is 0 Å². The standard InChI is InChI=1S/C12H14O4/c1-12(9-5-3-2-4-6-9)10(11(13)14)15-7-8-16-12/h2-6,10H,7-8H2,1H3,(H,13,14)/t10-,12-/m0/s1. The molecule has 1 N–H and O–H groups in total. The van der Waals surface area contributed by atoms with Crippen LogP contribution in [0.1, 0.15) is 12.5 Å². The monoisotopic (exact) mass is 222 g/mol. The van der Waals surface area contributed by atoms with Crippen molar-refractivity contribution in [3.63, 3.8) is 0 Å². The molecule has 0 unspecified atom stereocenters. The van der Waals surface area contributed by atoms with Crippen LogP contribution in [-0.4, -0.2) is 30.4 Å². The van der Waals surface area contributed by atoms with Crippen LogP contribution in [0.3, 0.4) is 0 Å². The number of carboxylic acid groups (broad SMARTS) is 1. The van der Waals surface area contributed by atoms with Gasteiger partial charge in [0.2, 0.25) is 0 Å². The van der Waals surface area contributed by atoms with Crippen LogP contribution in [0.15, 0.2) is 30.3 Å². The maximum Gasteiger partial charge on any atom is 0.336 e. The van der Waals surface area contributed by atoms with E-state index < -0.39 is 17.7 Å². The first-order valence-electron chi connectivity index (χ1n) is 5.18. The fraction of sp³-hybridized carbons (Fsp3) is 0.417. The fourth-order valence-electron chi connectivity index (χ4n) is 1.97. The third-order valence-electron chi connectivity index (χ3n) is 2.84. The van der Waals surface area contributed by atoms with Gasteiger partial charge >= 0.3 is 5.97 Å². The van der Waals surface area contributed by atoms with Crippen LogP contribution in [0.2, 0.25) is 0 Å². The lowest BCUT2D eigenvalue weighted by atomic mass is 9.89. The number of carboxylic acids is 1. The number of hydrogen-bond acceptors (Lipinski definition) is 3. The molecule has 0 saturated carbocycles. The Hall–Kier alpha value is -1.39. The largest absolute Gasteiger partial charge is 0.479 e. The van der Waals surface area contributed by atoms with Crippen LogP contribution in [0.5, 0.6) is 0 Å². The van der Waals surface area contributed by atoms with Crippen molar-refractivity contribution >= 4 is 5.97 Å². The third-order valence-corrected chi connectivity index (χ3v) is 2.84. The van der Waals surface area contributed by atoms with E-state index in [1.54, 1.807) is 6.92 Å². The molecule has 0 spiro atoms. The molecule has 4 heteroatoms. The van der Waals surface area contributed by atoms with E-state index in [2.05, 4.69) is 0 Å². The Balaban J connectivity index is 2.37. The lowest BCUT2D eigenvalue weighted by Gasteiger charge is -2.39. The average Bonchev–Trinajstić information content (AvgIpc) is 2.30. The summed E-state index contributed by atoms with van der Waals surface area (Å²) < 4.78 is 10.9. The molecule has 86 valence electrons. The molecule has 4 nitrogen and oxygen atoms in total. The molecule has 1 aliphatic rings. The second kappa shape index (κ2) is 4.23. The second-order valence-corrected chi connectivity index (χ2v) is 3.91. The van der Waals surface area contributed by atoms with Crippen molar-refractivity contribution in [3.8, 4) is 0 Å². The van der Waals surface area contributed by atoms with Gasteiger partial charge < -0.3 is 14.6 Å². The van der Waals surface area contributed by atoms with Crippen LogP contribution in [0.25, 0.3) is 0 Å². The fourth-order valence-corrected chi connectivity index (χ4v) is 1.97. The van der Waals surface area contributed by atoms with E-state index in [-0.39, 0.29) is 0 Å². The average molecular weight is 222 g/mol. The maximum atomic E-state index is 11.1. The van der Waals surface area contributed by atoms with E-state index >= 15 is 0 Å². The number of carbonyl (C=O) groups is 1. The Morgan fingerprint density at radius 1 is 1.38 bits per heavy atom. The first-order valence-corrected chi connectivity index (χ1v) is 5.18. The molecule has 1 aromatic carbocycles. The number of hydrogen-bond donors (Lipinski definition) is 1. The van der Waals surface area contributed by atoms with Crippen molar-refractivity contribution in [2.75, 3.05) is 13.2 Å². The summed E-state index contributed by atoms with van der Waals surface area (Å²) in [5.41, 5.74) is -0.0900. The summed E-state index contributed by atoms with van der Waals surface area (Å²) >= 11 is 0. The minimum Gasteiger partial charge on any atom is -0.479 e. The molecule has 0 amide bonds. The SMILES string of the molecule is C[C@@]1(c2ccccc2)OCCO[C@H]1C(=O)O. The third kappa shape index (κ3) is 1.81. The minimum atomic E-state index is -0.994. The molecular weight excluding hydrogens is 208 g/mol. The summed E-state index contributed by atoms with van der Waals surface area (Å²) in [6, 6.07) is 9.30. The summed E-state index contributed by atoms with van der Waals surface area (Å²) in [6.07, 6.45) is -0.955. The number of rotatable bonds is 2. The molecule has 1 aromatic rings. The Bertz CT molecular complexity index is 376. The molecule has 1 saturated heterocycles. The second-order valence-electron chi connectivity index (χ2n) is 3.91. The molecule has 1 aliphatic heterocycles. The van der Waals surface area contributed by atoms with Crippen molar-refractivity contribution < 1.29 is 19.4 Å². The van der Waals surface area contributed by atoms with E-state index in [4.69, 9.17) is 14.6 Å². The van der Waals surface area contributed by atoms with Gasteiger partial charge in [-0.05, 0) is 12.5 Å².